The Hall–Kier alpha value is -2.37. The summed E-state index contributed by atoms with van der Waals surface area (Å²) in [6.07, 6.45) is 1.81. The molecule has 0 aromatic heterocycles. The van der Waals surface area contributed by atoms with Crippen molar-refractivity contribution in [3.63, 3.8) is 0 Å². The highest BCUT2D eigenvalue weighted by Gasteiger charge is 2.36. The van der Waals surface area contributed by atoms with Crippen LogP contribution in [0.25, 0.3) is 0 Å². The standard InChI is InChI=1S/C23H24BrF2N3O4S/c1-2-22(30)29-9-7-14-10-17(24)21(12-20(14)29)34(32,33)28-8-3-4-15(13-28)23(31)27-19-11-16(25)5-6-18(19)26/h5-6,10-12,15H,2-4,7-9,13H2,1H3,(H,27,31). The van der Waals surface area contributed by atoms with E-state index in [1.54, 1.807) is 17.9 Å². The van der Waals surface area contributed by atoms with Gasteiger partial charge in [0.1, 0.15) is 11.6 Å². The van der Waals surface area contributed by atoms with E-state index in [4.69, 9.17) is 0 Å². The van der Waals surface area contributed by atoms with Gasteiger partial charge in [-0.05, 0) is 65.0 Å². The number of nitrogens with one attached hydrogen (secondary N) is 1. The summed E-state index contributed by atoms with van der Waals surface area (Å²) in [4.78, 5) is 26.7. The van der Waals surface area contributed by atoms with Crippen LogP contribution in [-0.2, 0) is 26.0 Å². The van der Waals surface area contributed by atoms with Crippen LogP contribution >= 0.6 is 15.9 Å². The van der Waals surface area contributed by atoms with Gasteiger partial charge in [0.05, 0.1) is 16.5 Å². The Balaban J connectivity index is 1.57. The van der Waals surface area contributed by atoms with Gasteiger partial charge in [-0.25, -0.2) is 17.2 Å². The number of hydrogen-bond donors (Lipinski definition) is 1. The number of hydrogen-bond acceptors (Lipinski definition) is 4. The topological polar surface area (TPSA) is 86.8 Å². The molecule has 4 rings (SSSR count). The molecule has 2 aromatic carbocycles. The van der Waals surface area contributed by atoms with Gasteiger partial charge in [-0.3, -0.25) is 9.59 Å². The van der Waals surface area contributed by atoms with E-state index in [2.05, 4.69) is 21.2 Å². The van der Waals surface area contributed by atoms with Crippen LogP contribution in [0.1, 0.15) is 31.7 Å². The van der Waals surface area contributed by atoms with Gasteiger partial charge in [-0.1, -0.05) is 6.92 Å². The average molecular weight is 556 g/mol. The van der Waals surface area contributed by atoms with Gasteiger partial charge in [0.15, 0.2) is 0 Å². The Bertz CT molecular complexity index is 1260. The molecule has 7 nitrogen and oxygen atoms in total. The number of carbonyl (C=O) groups is 2. The van der Waals surface area contributed by atoms with Crippen molar-refractivity contribution in [3.8, 4) is 0 Å². The molecule has 34 heavy (non-hydrogen) atoms. The second-order valence-corrected chi connectivity index (χ2v) is 11.1. The number of nitrogens with zero attached hydrogens (tertiary/aromatic N) is 2. The molecule has 2 aliphatic heterocycles. The summed E-state index contributed by atoms with van der Waals surface area (Å²) in [6.45, 7) is 2.39. The minimum Gasteiger partial charge on any atom is -0.323 e. The van der Waals surface area contributed by atoms with Gasteiger partial charge in [0.2, 0.25) is 21.8 Å². The minimum atomic E-state index is -3.99. The lowest BCUT2D eigenvalue weighted by Crippen LogP contribution is -2.43. The molecule has 1 atom stereocenters. The van der Waals surface area contributed by atoms with Crippen molar-refractivity contribution in [3.05, 3.63) is 52.0 Å². The predicted octanol–water partition coefficient (Wildman–Crippen LogP) is 4.07. The zero-order valence-electron chi connectivity index (χ0n) is 18.5. The van der Waals surface area contributed by atoms with Crippen LogP contribution in [0.2, 0.25) is 0 Å². The summed E-state index contributed by atoms with van der Waals surface area (Å²) in [5, 5.41) is 2.37. The highest BCUT2D eigenvalue weighted by molar-refractivity contribution is 9.10. The van der Waals surface area contributed by atoms with Crippen molar-refractivity contribution < 1.29 is 26.8 Å². The van der Waals surface area contributed by atoms with Gasteiger partial charge in [0, 0.05) is 42.3 Å². The molecule has 2 amide bonds. The van der Waals surface area contributed by atoms with Crippen LogP contribution < -0.4 is 10.2 Å². The smallest absolute Gasteiger partial charge is 0.244 e. The summed E-state index contributed by atoms with van der Waals surface area (Å²) in [7, 11) is -3.99. The Morgan fingerprint density at radius 1 is 1.18 bits per heavy atom. The van der Waals surface area contributed by atoms with E-state index in [9.17, 15) is 26.8 Å². The zero-order chi connectivity index (χ0) is 24.6. The fourth-order valence-electron chi connectivity index (χ4n) is 4.38. The SMILES string of the molecule is CCC(=O)N1CCc2cc(Br)c(S(=O)(=O)N3CCCC(C(=O)Nc4cc(F)ccc4F)C3)cc21. The molecular formula is C23H24BrF2N3O4S. The Kier molecular flexibility index (Phi) is 7.07. The molecule has 2 aromatic rings. The van der Waals surface area contributed by atoms with Crippen molar-refractivity contribution in [2.75, 3.05) is 29.9 Å². The zero-order valence-corrected chi connectivity index (χ0v) is 20.9. The number of anilines is 2. The van der Waals surface area contributed by atoms with E-state index in [0.717, 1.165) is 23.8 Å². The maximum absolute atomic E-state index is 13.9. The number of piperidine rings is 1. The molecule has 2 aliphatic rings. The monoisotopic (exact) mass is 555 g/mol. The molecule has 0 saturated carbocycles. The van der Waals surface area contributed by atoms with Crippen LogP contribution in [0.5, 0.6) is 0 Å². The number of sulfonamides is 1. The first-order valence-corrected chi connectivity index (χ1v) is 13.2. The van der Waals surface area contributed by atoms with E-state index in [0.29, 0.717) is 42.4 Å². The molecule has 2 heterocycles. The second-order valence-electron chi connectivity index (χ2n) is 8.38. The molecule has 1 unspecified atom stereocenters. The molecular weight excluding hydrogens is 532 g/mol. The third kappa shape index (κ3) is 4.73. The lowest BCUT2D eigenvalue weighted by Gasteiger charge is -2.31. The van der Waals surface area contributed by atoms with Gasteiger partial charge >= 0.3 is 0 Å². The summed E-state index contributed by atoms with van der Waals surface area (Å²) >= 11 is 3.36. The third-order valence-corrected chi connectivity index (χ3v) is 9.01. The number of carbonyl (C=O) groups excluding carboxylic acids is 2. The second kappa shape index (κ2) is 9.71. The van der Waals surface area contributed by atoms with E-state index in [-0.39, 0.29) is 29.6 Å². The van der Waals surface area contributed by atoms with Gasteiger partial charge in [-0.15, -0.1) is 0 Å². The molecule has 1 N–H and O–H groups in total. The lowest BCUT2D eigenvalue weighted by atomic mass is 9.98. The van der Waals surface area contributed by atoms with Crippen LogP contribution in [0.4, 0.5) is 20.2 Å². The van der Waals surface area contributed by atoms with Gasteiger partial charge in [0.25, 0.3) is 0 Å². The number of rotatable bonds is 5. The van der Waals surface area contributed by atoms with Crippen LogP contribution in [-0.4, -0.2) is 44.2 Å². The molecule has 11 heteroatoms. The van der Waals surface area contributed by atoms with Crippen molar-refractivity contribution in [1.82, 2.24) is 4.31 Å². The number of fused-ring (bicyclic) bond motifs is 1. The summed E-state index contributed by atoms with van der Waals surface area (Å²) in [5.74, 6) is -2.84. The van der Waals surface area contributed by atoms with Crippen LogP contribution in [0, 0.1) is 17.6 Å². The quantitative estimate of drug-likeness (QED) is 0.602. The first-order valence-electron chi connectivity index (χ1n) is 11.0. The van der Waals surface area contributed by atoms with Crippen molar-refractivity contribution in [1.29, 1.82) is 0 Å². The first kappa shape index (κ1) is 24.7. The minimum absolute atomic E-state index is 0.0271. The number of benzene rings is 2. The first-order chi connectivity index (χ1) is 16.1. The molecule has 0 aliphatic carbocycles. The maximum atomic E-state index is 13.9. The Morgan fingerprint density at radius 3 is 2.68 bits per heavy atom. The van der Waals surface area contributed by atoms with Crippen molar-refractivity contribution in [2.45, 2.75) is 37.5 Å². The summed E-state index contributed by atoms with van der Waals surface area (Å²) in [5.41, 5.74) is 1.19. The van der Waals surface area contributed by atoms with E-state index >= 15 is 0 Å². The average Bonchev–Trinajstić information content (AvgIpc) is 3.23. The van der Waals surface area contributed by atoms with Crippen molar-refractivity contribution in [2.24, 2.45) is 5.92 Å². The molecule has 182 valence electrons. The van der Waals surface area contributed by atoms with Crippen LogP contribution in [0.3, 0.4) is 0 Å². The lowest BCUT2D eigenvalue weighted by molar-refractivity contribution is -0.121. The Morgan fingerprint density at radius 2 is 1.94 bits per heavy atom. The molecule has 0 radical (unpaired) electrons. The predicted molar refractivity (Wildman–Crippen MR) is 127 cm³/mol. The Labute approximate surface area is 205 Å². The van der Waals surface area contributed by atoms with Gasteiger partial charge in [-0.2, -0.15) is 4.31 Å². The van der Waals surface area contributed by atoms with Gasteiger partial charge < -0.3 is 10.2 Å². The number of amides is 2. The normalized spacial score (nSPS) is 18.6. The van der Waals surface area contributed by atoms with E-state index < -0.39 is 33.5 Å². The highest BCUT2D eigenvalue weighted by atomic mass is 79.9. The highest BCUT2D eigenvalue weighted by Crippen LogP contribution is 2.37. The molecule has 0 bridgehead atoms. The third-order valence-electron chi connectivity index (χ3n) is 6.19. The molecule has 0 spiro atoms. The number of halogens is 3. The fraction of sp³-hybridized carbons (Fsp3) is 0.391. The maximum Gasteiger partial charge on any atom is 0.244 e. The summed E-state index contributed by atoms with van der Waals surface area (Å²) < 4.78 is 56.1. The molecule has 1 saturated heterocycles. The fourth-order valence-corrected chi connectivity index (χ4v) is 6.97. The van der Waals surface area contributed by atoms with E-state index in [1.807, 2.05) is 0 Å². The molecule has 1 fully saturated rings. The van der Waals surface area contributed by atoms with Crippen LogP contribution in [0.15, 0.2) is 39.7 Å². The van der Waals surface area contributed by atoms with Crippen molar-refractivity contribution >= 4 is 49.1 Å². The summed E-state index contributed by atoms with van der Waals surface area (Å²) in [6, 6.07) is 5.99. The van der Waals surface area contributed by atoms with E-state index in [1.165, 1.54) is 10.4 Å². The largest absolute Gasteiger partial charge is 0.323 e.